The molecule has 0 spiro atoms. The van der Waals surface area contributed by atoms with E-state index in [0.717, 1.165) is 0 Å². The summed E-state index contributed by atoms with van der Waals surface area (Å²) in [6, 6.07) is 0. The van der Waals surface area contributed by atoms with Crippen molar-refractivity contribution >= 4 is 34.8 Å². The third kappa shape index (κ3) is 3.57. The fraction of sp³-hybridized carbons (Fsp3) is 0.421. The van der Waals surface area contributed by atoms with Gasteiger partial charge in [0.2, 0.25) is 17.7 Å². The van der Waals surface area contributed by atoms with Gasteiger partial charge in [0.1, 0.15) is 24.0 Å². The zero-order valence-corrected chi connectivity index (χ0v) is 18.6. The average molecular weight is 512 g/mol. The van der Waals surface area contributed by atoms with E-state index in [1.807, 2.05) is 0 Å². The molecule has 0 fully saturated rings. The van der Waals surface area contributed by atoms with Crippen LogP contribution in [-0.2, 0) is 10.2 Å². The molecule has 1 amide bonds. The molecule has 0 aromatic carbocycles. The Morgan fingerprint density at radius 1 is 1.22 bits per heavy atom. The number of nitrogens with two attached hydrogens (primary N) is 1. The molecule has 1 unspecified atom stereocenters. The molecule has 0 bridgehead atoms. The predicted molar refractivity (Wildman–Crippen MR) is 113 cm³/mol. The van der Waals surface area contributed by atoms with Crippen LogP contribution in [0.2, 0.25) is 0 Å². The second kappa shape index (κ2) is 7.74. The maximum absolute atomic E-state index is 13.5. The highest BCUT2D eigenvalue weighted by molar-refractivity contribution is 6.43. The Balaban J connectivity index is 1.51. The molecule has 5 heterocycles. The van der Waals surface area contributed by atoms with Crippen molar-refractivity contribution in [1.29, 1.82) is 0 Å². The number of halogens is 5. The first-order valence-electron chi connectivity index (χ1n) is 10.4. The van der Waals surface area contributed by atoms with Crippen LogP contribution in [0, 0.1) is 6.92 Å². The maximum atomic E-state index is 13.5. The Labute approximate surface area is 198 Å². The number of anilines is 2. The molecule has 3 aliphatic heterocycles. The van der Waals surface area contributed by atoms with Crippen LogP contribution in [-0.4, -0.2) is 61.4 Å². The van der Waals surface area contributed by atoms with E-state index in [1.165, 1.54) is 18.1 Å². The molecule has 1 atom stereocenters. The minimum atomic E-state index is -5.70. The summed E-state index contributed by atoms with van der Waals surface area (Å²) in [5, 5.41) is 11.6. The number of aromatic nitrogens is 4. The van der Waals surface area contributed by atoms with Crippen LogP contribution in [0.5, 0.6) is 0 Å². The van der Waals surface area contributed by atoms with Gasteiger partial charge in [0.15, 0.2) is 17.1 Å². The van der Waals surface area contributed by atoms with Gasteiger partial charge in [0.25, 0.3) is 0 Å². The van der Waals surface area contributed by atoms with Gasteiger partial charge in [-0.2, -0.15) is 22.0 Å². The molecular weight excluding hydrogens is 495 g/mol. The van der Waals surface area contributed by atoms with Gasteiger partial charge < -0.3 is 15.5 Å². The number of carbonyl (C=O) groups is 1. The first-order chi connectivity index (χ1) is 16.8. The zero-order valence-electron chi connectivity index (χ0n) is 18.6. The van der Waals surface area contributed by atoms with E-state index in [4.69, 9.17) is 10.2 Å². The lowest BCUT2D eigenvalue weighted by atomic mass is 9.84. The molecule has 0 radical (unpaired) electrons. The van der Waals surface area contributed by atoms with Crippen LogP contribution < -0.4 is 16.5 Å². The van der Waals surface area contributed by atoms with E-state index in [-0.39, 0.29) is 58.7 Å². The lowest BCUT2D eigenvalue weighted by Crippen LogP contribution is -2.41. The number of hydrogen-bond donors (Lipinski definition) is 3. The van der Waals surface area contributed by atoms with E-state index in [9.17, 15) is 26.7 Å². The standard InChI is InChI=1S/C19H17F5N10O2/c1-7-32-33-16(36-7)17(2)10-11(25)29-12(30-13(10)31-15(17)35)9-5-34-14(26-6-27-34)8(28-9)3-4-18(20,21)19(22,23)24/h5,27H,3-4,6H2,1-2H3,(H3,25,29,30,31,35). The van der Waals surface area contributed by atoms with E-state index in [0.29, 0.717) is 0 Å². The summed E-state index contributed by atoms with van der Waals surface area (Å²) >= 11 is 0. The second-order valence-electron chi connectivity index (χ2n) is 8.30. The van der Waals surface area contributed by atoms with Gasteiger partial charge in [-0.3, -0.25) is 9.80 Å². The molecular formula is C19H17F5N10O2. The monoisotopic (exact) mass is 512 g/mol. The number of amidine groups is 1. The zero-order chi connectivity index (χ0) is 26.0. The van der Waals surface area contributed by atoms with E-state index < -0.39 is 36.3 Å². The van der Waals surface area contributed by atoms with Crippen molar-refractivity contribution < 1.29 is 31.2 Å². The Kier molecular flexibility index (Phi) is 5.10. The van der Waals surface area contributed by atoms with Crippen molar-refractivity contribution in [2.24, 2.45) is 9.98 Å². The van der Waals surface area contributed by atoms with Crippen LogP contribution >= 0.6 is 0 Å². The van der Waals surface area contributed by atoms with Crippen molar-refractivity contribution in [3.8, 4) is 0 Å². The Hall–Kier alpha value is -4.02. The normalized spacial score (nSPS) is 21.6. The second-order valence-corrected chi connectivity index (χ2v) is 8.30. The average Bonchev–Trinajstić information content (AvgIpc) is 3.50. The van der Waals surface area contributed by atoms with Gasteiger partial charge in [0, 0.05) is 13.3 Å². The number of alkyl halides is 5. The third-order valence-electron chi connectivity index (χ3n) is 5.86. The van der Waals surface area contributed by atoms with Crippen molar-refractivity contribution in [2.75, 3.05) is 17.7 Å². The molecule has 0 saturated heterocycles. The number of aryl methyl sites for hydroxylation is 1. The molecule has 0 saturated carbocycles. The Morgan fingerprint density at radius 3 is 2.64 bits per heavy atom. The lowest BCUT2D eigenvalue weighted by Gasteiger charge is -2.24. The van der Waals surface area contributed by atoms with E-state index in [2.05, 4.69) is 40.9 Å². The SMILES string of the molecule is Cc1nnc(C2(C)C(=O)Nc3nc(C4=CN5NCN=C5C(CCC(F)(F)C(F)(F)F)=N4)nc(N)c32)o1. The van der Waals surface area contributed by atoms with Gasteiger partial charge >= 0.3 is 12.1 Å². The number of amides is 1. The highest BCUT2D eigenvalue weighted by atomic mass is 19.4. The minimum Gasteiger partial charge on any atom is -0.424 e. The molecule has 12 nitrogen and oxygen atoms in total. The molecule has 5 rings (SSSR count). The third-order valence-corrected chi connectivity index (χ3v) is 5.86. The van der Waals surface area contributed by atoms with Gasteiger partial charge in [-0.15, -0.1) is 10.2 Å². The summed E-state index contributed by atoms with van der Waals surface area (Å²) < 4.78 is 70.5. The van der Waals surface area contributed by atoms with Crippen LogP contribution in [0.15, 0.2) is 20.6 Å². The van der Waals surface area contributed by atoms with Crippen LogP contribution in [0.3, 0.4) is 0 Å². The topological polar surface area (TPSA) is 160 Å². The first kappa shape index (κ1) is 23.7. The van der Waals surface area contributed by atoms with E-state index >= 15 is 0 Å². The fourth-order valence-electron chi connectivity index (χ4n) is 3.94. The maximum Gasteiger partial charge on any atom is 0.453 e. The molecule has 4 N–H and O–H groups in total. The largest absolute Gasteiger partial charge is 0.453 e. The smallest absolute Gasteiger partial charge is 0.424 e. The van der Waals surface area contributed by atoms with Gasteiger partial charge in [-0.05, 0) is 13.3 Å². The lowest BCUT2D eigenvalue weighted by molar-refractivity contribution is -0.283. The number of nitrogens with one attached hydrogen (secondary N) is 2. The molecule has 3 aliphatic rings. The highest BCUT2D eigenvalue weighted by Crippen LogP contribution is 2.44. The number of nitrogen functional groups attached to an aromatic ring is 1. The summed E-state index contributed by atoms with van der Waals surface area (Å²) in [6.45, 7) is 3.11. The number of nitrogens with zero attached hydrogens (tertiary/aromatic N) is 7. The molecule has 17 heteroatoms. The Bertz CT molecular complexity index is 1360. The van der Waals surface area contributed by atoms with Gasteiger partial charge in [-0.1, -0.05) is 0 Å². The molecule has 2 aromatic rings. The van der Waals surface area contributed by atoms with Crippen molar-refractivity contribution in [2.45, 2.75) is 44.2 Å². The first-order valence-corrected chi connectivity index (χ1v) is 10.4. The summed E-state index contributed by atoms with van der Waals surface area (Å²) in [5.41, 5.74) is 7.57. The summed E-state index contributed by atoms with van der Waals surface area (Å²) in [4.78, 5) is 29.6. The molecule has 2 aromatic heterocycles. The van der Waals surface area contributed by atoms with Crippen molar-refractivity contribution in [3.05, 3.63) is 29.4 Å². The van der Waals surface area contributed by atoms with Crippen LogP contribution in [0.1, 0.15) is 42.9 Å². The van der Waals surface area contributed by atoms with E-state index in [1.54, 1.807) is 6.92 Å². The molecule has 0 aliphatic carbocycles. The highest BCUT2D eigenvalue weighted by Gasteiger charge is 2.57. The number of carbonyl (C=O) groups excluding carboxylic acids is 1. The number of aliphatic imine (C=N–C) groups is 2. The summed E-state index contributed by atoms with van der Waals surface area (Å²) in [6.07, 6.45) is -6.57. The Morgan fingerprint density at radius 2 is 1.97 bits per heavy atom. The summed E-state index contributed by atoms with van der Waals surface area (Å²) in [7, 11) is 0. The predicted octanol–water partition coefficient (Wildman–Crippen LogP) is 1.92. The number of fused-ring (bicyclic) bond motifs is 2. The van der Waals surface area contributed by atoms with Crippen molar-refractivity contribution in [3.63, 3.8) is 0 Å². The van der Waals surface area contributed by atoms with Crippen LogP contribution in [0.25, 0.3) is 5.70 Å². The molecule has 36 heavy (non-hydrogen) atoms. The number of hydrazine groups is 1. The summed E-state index contributed by atoms with van der Waals surface area (Å²) in [5.74, 6) is -5.36. The molecule has 190 valence electrons. The van der Waals surface area contributed by atoms with Gasteiger partial charge in [-0.25, -0.2) is 25.4 Å². The van der Waals surface area contributed by atoms with Gasteiger partial charge in [0.05, 0.1) is 17.5 Å². The fourth-order valence-corrected chi connectivity index (χ4v) is 3.94. The van der Waals surface area contributed by atoms with Crippen molar-refractivity contribution in [1.82, 2.24) is 30.6 Å². The quantitative estimate of drug-likeness (QED) is 0.509. The number of hydrogen-bond acceptors (Lipinski definition) is 11. The van der Waals surface area contributed by atoms with Crippen LogP contribution in [0.4, 0.5) is 33.6 Å². The number of rotatable bonds is 5. The minimum absolute atomic E-state index is 0.000313.